The second-order valence-electron chi connectivity index (χ2n) is 7.03. The van der Waals surface area contributed by atoms with E-state index in [1.807, 2.05) is 42.1 Å². The Balaban J connectivity index is 1.41. The van der Waals surface area contributed by atoms with Gasteiger partial charge in [-0.1, -0.05) is 0 Å². The second-order valence-corrected chi connectivity index (χ2v) is 7.03. The molecule has 2 aromatic heterocycles. The molecule has 3 heterocycles. The summed E-state index contributed by atoms with van der Waals surface area (Å²) < 4.78 is 28.9. The first-order valence-electron chi connectivity index (χ1n) is 9.65. The minimum atomic E-state index is -0.567. The van der Waals surface area contributed by atoms with Gasteiger partial charge in [-0.2, -0.15) is 0 Å². The summed E-state index contributed by atoms with van der Waals surface area (Å²) in [7, 11) is 0. The van der Waals surface area contributed by atoms with Crippen LogP contribution in [-0.2, 0) is 4.79 Å². The molecule has 0 aliphatic carbocycles. The number of amides is 1. The zero-order valence-electron chi connectivity index (χ0n) is 16.5. The number of anilines is 1. The van der Waals surface area contributed by atoms with E-state index in [0.717, 1.165) is 29.8 Å². The fourth-order valence-electron chi connectivity index (χ4n) is 3.38. The van der Waals surface area contributed by atoms with E-state index in [1.54, 1.807) is 4.90 Å². The number of hydrogen-bond donors (Lipinski definition) is 0. The molecular formula is C22H21F2N5O. The van der Waals surface area contributed by atoms with Gasteiger partial charge in [0.2, 0.25) is 5.91 Å². The number of piperazine rings is 1. The van der Waals surface area contributed by atoms with Gasteiger partial charge in [-0.05, 0) is 43.3 Å². The molecule has 1 aromatic carbocycles. The first kappa shape index (κ1) is 19.8. The molecule has 4 rings (SSSR count). The largest absolute Gasteiger partial charge is 0.353 e. The van der Waals surface area contributed by atoms with Crippen LogP contribution >= 0.6 is 0 Å². The molecule has 0 spiro atoms. The number of carbonyl (C=O) groups is 1. The number of benzene rings is 1. The summed E-state index contributed by atoms with van der Waals surface area (Å²) in [5, 5.41) is 0. The van der Waals surface area contributed by atoms with E-state index in [-0.39, 0.29) is 11.5 Å². The van der Waals surface area contributed by atoms with Crippen LogP contribution in [0, 0.1) is 18.6 Å². The quantitative estimate of drug-likeness (QED) is 0.621. The fourth-order valence-corrected chi connectivity index (χ4v) is 3.38. The van der Waals surface area contributed by atoms with Crippen molar-refractivity contribution in [2.75, 3.05) is 31.1 Å². The highest BCUT2D eigenvalue weighted by molar-refractivity contribution is 5.92. The molecule has 1 fully saturated rings. The number of halogens is 2. The van der Waals surface area contributed by atoms with Crippen molar-refractivity contribution >= 4 is 17.8 Å². The van der Waals surface area contributed by atoms with Gasteiger partial charge in [-0.15, -0.1) is 0 Å². The molecule has 0 saturated carbocycles. The molecule has 0 unspecified atom stereocenters. The smallest absolute Gasteiger partial charge is 0.246 e. The Morgan fingerprint density at radius 1 is 1.00 bits per heavy atom. The van der Waals surface area contributed by atoms with Crippen LogP contribution in [0.25, 0.3) is 11.9 Å². The molecule has 1 aliphatic rings. The van der Waals surface area contributed by atoms with Crippen LogP contribution < -0.4 is 4.90 Å². The highest BCUT2D eigenvalue weighted by Gasteiger charge is 2.21. The van der Waals surface area contributed by atoms with Crippen molar-refractivity contribution in [2.45, 2.75) is 6.92 Å². The average molecular weight is 409 g/mol. The van der Waals surface area contributed by atoms with Crippen molar-refractivity contribution in [1.29, 1.82) is 0 Å². The van der Waals surface area contributed by atoms with E-state index in [0.29, 0.717) is 32.0 Å². The van der Waals surface area contributed by atoms with E-state index in [2.05, 4.69) is 14.9 Å². The van der Waals surface area contributed by atoms with Gasteiger partial charge in [0.05, 0.1) is 0 Å². The van der Waals surface area contributed by atoms with Crippen molar-refractivity contribution in [3.8, 4) is 5.82 Å². The number of aryl methyl sites for hydroxylation is 1. The number of carbonyl (C=O) groups excluding carboxylic acids is 1. The minimum Gasteiger partial charge on any atom is -0.353 e. The van der Waals surface area contributed by atoms with E-state index < -0.39 is 11.6 Å². The molecule has 0 atom stereocenters. The molecule has 6 nitrogen and oxygen atoms in total. The minimum absolute atomic E-state index is 0.0518. The molecule has 1 aliphatic heterocycles. The topological polar surface area (TPSA) is 54.3 Å². The van der Waals surface area contributed by atoms with E-state index in [9.17, 15) is 13.6 Å². The van der Waals surface area contributed by atoms with Crippen molar-refractivity contribution in [3.05, 3.63) is 77.9 Å². The van der Waals surface area contributed by atoms with E-state index in [1.165, 1.54) is 12.2 Å². The molecule has 1 saturated heterocycles. The number of hydrogen-bond acceptors (Lipinski definition) is 4. The van der Waals surface area contributed by atoms with Gasteiger partial charge in [-0.3, -0.25) is 4.79 Å². The van der Waals surface area contributed by atoms with Crippen LogP contribution in [-0.4, -0.2) is 51.5 Å². The lowest BCUT2D eigenvalue weighted by atomic mass is 10.2. The van der Waals surface area contributed by atoms with Gasteiger partial charge in [0.1, 0.15) is 29.1 Å². The van der Waals surface area contributed by atoms with Crippen LogP contribution in [0.4, 0.5) is 14.6 Å². The Labute approximate surface area is 173 Å². The fraction of sp³-hybridized carbons (Fsp3) is 0.227. The molecule has 3 aromatic rings. The number of rotatable bonds is 4. The molecule has 154 valence electrons. The van der Waals surface area contributed by atoms with Gasteiger partial charge in [0.15, 0.2) is 0 Å². The first-order chi connectivity index (χ1) is 14.5. The van der Waals surface area contributed by atoms with Crippen molar-refractivity contribution < 1.29 is 13.6 Å². The van der Waals surface area contributed by atoms with Crippen molar-refractivity contribution in [1.82, 2.24) is 19.4 Å². The number of aromatic nitrogens is 3. The third-order valence-electron chi connectivity index (χ3n) is 4.96. The Morgan fingerprint density at radius 3 is 2.43 bits per heavy atom. The maximum atomic E-state index is 13.7. The Morgan fingerprint density at radius 2 is 1.70 bits per heavy atom. The summed E-state index contributed by atoms with van der Waals surface area (Å²) in [6, 6.07) is 8.96. The lowest BCUT2D eigenvalue weighted by Crippen LogP contribution is -2.48. The Hall–Kier alpha value is -3.55. The first-order valence-corrected chi connectivity index (χ1v) is 9.65. The van der Waals surface area contributed by atoms with Gasteiger partial charge in [0.25, 0.3) is 0 Å². The lowest BCUT2D eigenvalue weighted by molar-refractivity contribution is -0.126. The summed E-state index contributed by atoms with van der Waals surface area (Å²) in [4.78, 5) is 25.3. The van der Waals surface area contributed by atoms with Crippen LogP contribution in [0.1, 0.15) is 11.4 Å². The second kappa shape index (κ2) is 8.44. The van der Waals surface area contributed by atoms with Gasteiger partial charge in [-0.25, -0.2) is 18.7 Å². The number of nitrogens with zero attached hydrogens (tertiary/aromatic N) is 5. The molecule has 0 radical (unpaired) electrons. The summed E-state index contributed by atoms with van der Waals surface area (Å²) in [6.07, 6.45) is 6.45. The van der Waals surface area contributed by atoms with Crippen LogP contribution in [0.2, 0.25) is 0 Å². The lowest BCUT2D eigenvalue weighted by Gasteiger charge is -2.35. The van der Waals surface area contributed by atoms with Crippen LogP contribution in [0.15, 0.2) is 54.9 Å². The standard InChI is InChI=1S/C22H21F2N5O/c1-16-25-20(27-8-2-3-9-27)15-21(26-16)28-10-12-29(13-11-28)22(30)7-4-17-14-18(23)5-6-19(17)24/h2-9,14-15H,10-13H2,1H3/b7-4+. The predicted octanol–water partition coefficient (Wildman–Crippen LogP) is 3.22. The molecular weight excluding hydrogens is 388 g/mol. The highest BCUT2D eigenvalue weighted by atomic mass is 19.1. The summed E-state index contributed by atoms with van der Waals surface area (Å²) in [5.41, 5.74) is 0.0518. The third-order valence-corrected chi connectivity index (χ3v) is 4.96. The zero-order valence-corrected chi connectivity index (χ0v) is 16.5. The maximum Gasteiger partial charge on any atom is 0.246 e. The average Bonchev–Trinajstić information content (AvgIpc) is 3.29. The van der Waals surface area contributed by atoms with E-state index >= 15 is 0 Å². The van der Waals surface area contributed by atoms with E-state index in [4.69, 9.17) is 0 Å². The Bertz CT molecular complexity index is 1070. The third kappa shape index (κ3) is 4.37. The SMILES string of the molecule is Cc1nc(N2CCN(C(=O)/C=C/c3cc(F)ccc3F)CC2)cc(-n2cccc2)n1. The predicted molar refractivity (Wildman–Crippen MR) is 110 cm³/mol. The molecule has 8 heteroatoms. The van der Waals surface area contributed by atoms with Gasteiger partial charge >= 0.3 is 0 Å². The molecule has 30 heavy (non-hydrogen) atoms. The summed E-state index contributed by atoms with van der Waals surface area (Å²) >= 11 is 0. The van der Waals surface area contributed by atoms with Crippen molar-refractivity contribution in [2.24, 2.45) is 0 Å². The van der Waals surface area contributed by atoms with Crippen molar-refractivity contribution in [3.63, 3.8) is 0 Å². The van der Waals surface area contributed by atoms with Gasteiger partial charge in [0, 0.05) is 56.3 Å². The van der Waals surface area contributed by atoms with Gasteiger partial charge < -0.3 is 14.4 Å². The van der Waals surface area contributed by atoms with Crippen LogP contribution in [0.5, 0.6) is 0 Å². The summed E-state index contributed by atoms with van der Waals surface area (Å²) in [5.74, 6) is 0.941. The summed E-state index contributed by atoms with van der Waals surface area (Å²) in [6.45, 7) is 4.12. The zero-order chi connectivity index (χ0) is 21.1. The highest BCUT2D eigenvalue weighted by Crippen LogP contribution is 2.18. The normalized spacial score (nSPS) is 14.5. The Kier molecular flexibility index (Phi) is 5.56. The monoisotopic (exact) mass is 409 g/mol. The maximum absolute atomic E-state index is 13.7. The molecule has 1 amide bonds. The van der Waals surface area contributed by atoms with Crippen LogP contribution in [0.3, 0.4) is 0 Å². The molecule has 0 bridgehead atoms. The molecule has 0 N–H and O–H groups in total.